The van der Waals surface area contributed by atoms with Crippen molar-refractivity contribution in [2.24, 2.45) is 0 Å². The van der Waals surface area contributed by atoms with Gasteiger partial charge in [0, 0.05) is 16.0 Å². The number of benzene rings is 1. The Morgan fingerprint density at radius 1 is 1.50 bits per heavy atom. The monoisotopic (exact) mass is 330 g/mol. The summed E-state index contributed by atoms with van der Waals surface area (Å²) in [5.74, 6) is -0.431. The maximum absolute atomic E-state index is 12.1. The molecule has 1 aromatic carbocycles. The molecule has 4 nitrogen and oxygen atoms in total. The Bertz CT molecular complexity index is 493. The fourth-order valence-corrected chi connectivity index (χ4v) is 2.42. The molecule has 0 spiro atoms. The molecule has 6 heteroatoms. The van der Waals surface area contributed by atoms with Gasteiger partial charge in [0.25, 0.3) is 5.91 Å². The van der Waals surface area contributed by atoms with Crippen LogP contribution in [-0.2, 0) is 4.79 Å². The molecule has 1 heterocycles. The minimum Gasteiger partial charge on any atom is -0.354 e. The number of nitrogens with one attached hydrogen (secondary N) is 2. The van der Waals surface area contributed by atoms with Crippen LogP contribution < -0.4 is 10.6 Å². The Kier molecular flexibility index (Phi) is 4.24. The molecule has 2 N–H and O–H groups in total. The van der Waals surface area contributed by atoms with Crippen molar-refractivity contribution in [3.63, 3.8) is 0 Å². The van der Waals surface area contributed by atoms with Crippen LogP contribution in [0.1, 0.15) is 23.2 Å². The molecule has 1 saturated heterocycles. The molecule has 0 radical (unpaired) electrons. The van der Waals surface area contributed by atoms with Gasteiger partial charge in [0.2, 0.25) is 5.91 Å². The summed E-state index contributed by atoms with van der Waals surface area (Å²) >= 11 is 9.14. The first kappa shape index (κ1) is 13.4. The Morgan fingerprint density at radius 3 is 3.00 bits per heavy atom. The van der Waals surface area contributed by atoms with Gasteiger partial charge in [0.15, 0.2) is 0 Å². The number of carbonyl (C=O) groups is 2. The molecule has 0 saturated carbocycles. The summed E-state index contributed by atoms with van der Waals surface area (Å²) in [6.07, 6.45) is 1.53. The molecule has 1 aliphatic rings. The zero-order chi connectivity index (χ0) is 13.1. The highest BCUT2D eigenvalue weighted by molar-refractivity contribution is 9.10. The van der Waals surface area contributed by atoms with Gasteiger partial charge in [-0.3, -0.25) is 9.59 Å². The molecule has 0 bridgehead atoms. The smallest absolute Gasteiger partial charge is 0.253 e. The maximum atomic E-state index is 12.1. The molecule has 1 atom stereocenters. The van der Waals surface area contributed by atoms with E-state index < -0.39 is 6.04 Å². The predicted molar refractivity (Wildman–Crippen MR) is 72.6 cm³/mol. The third kappa shape index (κ3) is 3.03. The second-order valence-electron chi connectivity index (χ2n) is 4.08. The van der Waals surface area contributed by atoms with Crippen molar-refractivity contribution in [3.8, 4) is 0 Å². The van der Waals surface area contributed by atoms with E-state index in [0.29, 0.717) is 28.0 Å². The van der Waals surface area contributed by atoms with Crippen LogP contribution in [0.4, 0.5) is 0 Å². The van der Waals surface area contributed by atoms with E-state index in [-0.39, 0.29) is 11.8 Å². The summed E-state index contributed by atoms with van der Waals surface area (Å²) in [6, 6.07) is 4.51. The van der Waals surface area contributed by atoms with Crippen LogP contribution in [0.5, 0.6) is 0 Å². The summed E-state index contributed by atoms with van der Waals surface area (Å²) in [4.78, 5) is 23.6. The van der Waals surface area contributed by atoms with E-state index in [9.17, 15) is 9.59 Å². The van der Waals surface area contributed by atoms with E-state index in [4.69, 9.17) is 11.6 Å². The Labute approximate surface area is 118 Å². The molecular weight excluding hydrogens is 320 g/mol. The quantitative estimate of drug-likeness (QED) is 0.872. The predicted octanol–water partition coefficient (Wildman–Crippen LogP) is 2.11. The summed E-state index contributed by atoms with van der Waals surface area (Å²) < 4.78 is 0.653. The number of rotatable bonds is 2. The molecule has 1 unspecified atom stereocenters. The van der Waals surface area contributed by atoms with Gasteiger partial charge in [0.1, 0.15) is 6.04 Å². The average molecular weight is 332 g/mol. The second-order valence-corrected chi connectivity index (χ2v) is 5.37. The minimum atomic E-state index is -0.461. The van der Waals surface area contributed by atoms with Gasteiger partial charge >= 0.3 is 0 Å². The lowest BCUT2D eigenvalue weighted by Crippen LogP contribution is -2.50. The largest absolute Gasteiger partial charge is 0.354 e. The fraction of sp³-hybridized carbons (Fsp3) is 0.333. The van der Waals surface area contributed by atoms with E-state index in [1.165, 1.54) is 0 Å². The third-order valence-electron chi connectivity index (χ3n) is 2.76. The average Bonchev–Trinajstić information content (AvgIpc) is 2.35. The third-order valence-corrected chi connectivity index (χ3v) is 3.69. The molecule has 0 aliphatic carbocycles. The van der Waals surface area contributed by atoms with Crippen molar-refractivity contribution in [3.05, 3.63) is 33.3 Å². The van der Waals surface area contributed by atoms with Crippen LogP contribution >= 0.6 is 27.5 Å². The van der Waals surface area contributed by atoms with Crippen molar-refractivity contribution >= 4 is 39.3 Å². The minimum absolute atomic E-state index is 0.132. The second kappa shape index (κ2) is 5.71. The Morgan fingerprint density at radius 2 is 2.28 bits per heavy atom. The van der Waals surface area contributed by atoms with Crippen LogP contribution in [0.25, 0.3) is 0 Å². The van der Waals surface area contributed by atoms with Gasteiger partial charge in [-0.15, -0.1) is 0 Å². The lowest BCUT2D eigenvalue weighted by Gasteiger charge is -2.23. The van der Waals surface area contributed by atoms with Gasteiger partial charge in [-0.05, 0) is 47.0 Å². The van der Waals surface area contributed by atoms with E-state index >= 15 is 0 Å². The van der Waals surface area contributed by atoms with Crippen molar-refractivity contribution in [2.75, 3.05) is 6.54 Å². The Balaban J connectivity index is 2.11. The lowest BCUT2D eigenvalue weighted by atomic mass is 10.1. The van der Waals surface area contributed by atoms with Crippen LogP contribution in [0.15, 0.2) is 22.7 Å². The highest BCUT2D eigenvalue weighted by Gasteiger charge is 2.24. The number of amides is 2. The van der Waals surface area contributed by atoms with E-state index in [1.807, 2.05) is 0 Å². The van der Waals surface area contributed by atoms with Crippen molar-refractivity contribution in [1.82, 2.24) is 10.6 Å². The number of hydrogen-bond donors (Lipinski definition) is 2. The number of halogens is 2. The van der Waals surface area contributed by atoms with Crippen LogP contribution in [0.3, 0.4) is 0 Å². The van der Waals surface area contributed by atoms with E-state index in [0.717, 1.165) is 6.42 Å². The van der Waals surface area contributed by atoms with Gasteiger partial charge in [-0.25, -0.2) is 0 Å². The van der Waals surface area contributed by atoms with Gasteiger partial charge in [-0.1, -0.05) is 11.6 Å². The molecule has 2 amide bonds. The Hall–Kier alpha value is -1.07. The van der Waals surface area contributed by atoms with Crippen LogP contribution in [0.2, 0.25) is 5.02 Å². The molecule has 2 rings (SSSR count). The summed E-state index contributed by atoms with van der Waals surface area (Å²) in [5.41, 5.74) is 0.431. The van der Waals surface area contributed by atoms with Crippen molar-refractivity contribution in [1.29, 1.82) is 0 Å². The topological polar surface area (TPSA) is 58.2 Å². The van der Waals surface area contributed by atoms with Gasteiger partial charge in [0.05, 0.1) is 5.56 Å². The maximum Gasteiger partial charge on any atom is 0.253 e. The first-order valence-corrected chi connectivity index (χ1v) is 6.78. The zero-order valence-corrected chi connectivity index (χ0v) is 11.8. The molecule has 1 aliphatic heterocycles. The highest BCUT2D eigenvalue weighted by atomic mass is 79.9. The van der Waals surface area contributed by atoms with Crippen LogP contribution in [-0.4, -0.2) is 24.4 Å². The first-order valence-electron chi connectivity index (χ1n) is 5.61. The fourth-order valence-electron chi connectivity index (χ4n) is 1.82. The van der Waals surface area contributed by atoms with E-state index in [1.54, 1.807) is 18.2 Å². The molecule has 1 aromatic rings. The van der Waals surface area contributed by atoms with Crippen molar-refractivity contribution in [2.45, 2.75) is 18.9 Å². The zero-order valence-electron chi connectivity index (χ0n) is 9.50. The molecule has 96 valence electrons. The standard InChI is InChI=1S/C12H12BrClN2O2/c13-9-4-3-7(14)6-8(9)11(17)16-10-2-1-5-15-12(10)18/h3-4,6,10H,1-2,5H2,(H,15,18)(H,16,17). The first-order chi connectivity index (χ1) is 8.58. The molecular formula is C12H12BrClN2O2. The highest BCUT2D eigenvalue weighted by Crippen LogP contribution is 2.21. The summed E-state index contributed by atoms with van der Waals surface area (Å²) in [5, 5.41) is 5.92. The van der Waals surface area contributed by atoms with Crippen LogP contribution in [0, 0.1) is 0 Å². The number of hydrogen-bond acceptors (Lipinski definition) is 2. The normalized spacial score (nSPS) is 19.2. The summed E-state index contributed by atoms with van der Waals surface area (Å²) in [7, 11) is 0. The molecule has 1 fully saturated rings. The van der Waals surface area contributed by atoms with E-state index in [2.05, 4.69) is 26.6 Å². The van der Waals surface area contributed by atoms with Gasteiger partial charge in [-0.2, -0.15) is 0 Å². The number of carbonyl (C=O) groups excluding carboxylic acids is 2. The van der Waals surface area contributed by atoms with Gasteiger partial charge < -0.3 is 10.6 Å². The summed E-state index contributed by atoms with van der Waals surface area (Å²) in [6.45, 7) is 0.673. The van der Waals surface area contributed by atoms with Crippen molar-refractivity contribution < 1.29 is 9.59 Å². The molecule has 0 aromatic heterocycles. The SMILES string of the molecule is O=C(NC1CCCNC1=O)c1cc(Cl)ccc1Br. The number of piperidine rings is 1. The molecule has 18 heavy (non-hydrogen) atoms. The lowest BCUT2D eigenvalue weighted by molar-refractivity contribution is -0.124.